The normalized spacial score (nSPS) is 12.8. The number of carbonyl (C=O) groups is 2. The van der Waals surface area contributed by atoms with Gasteiger partial charge < -0.3 is 4.84 Å². The van der Waals surface area contributed by atoms with Gasteiger partial charge in [-0.1, -0.05) is 35.1 Å². The van der Waals surface area contributed by atoms with Crippen LogP contribution in [-0.4, -0.2) is 22.4 Å². The third kappa shape index (κ3) is 7.04. The van der Waals surface area contributed by atoms with Gasteiger partial charge in [-0.25, -0.2) is 4.79 Å². The molecule has 0 radical (unpaired) electrons. The minimum atomic E-state index is -0.678. The molecule has 0 heterocycles. The van der Waals surface area contributed by atoms with E-state index in [1.807, 2.05) is 42.5 Å². The molecule has 7 nitrogen and oxygen atoms in total. The Morgan fingerprint density at radius 2 is 1.55 bits per heavy atom. The summed E-state index contributed by atoms with van der Waals surface area (Å²) >= 11 is 1.56. The SMILES string of the molecule is CC(=O)O\N=C(C(=O)c1ccc(Sc2ccccc2)cc1)/C(C)=C(C)/C=C(\C)[N+](=O)[O-]. The lowest BCUT2D eigenvalue weighted by Gasteiger charge is -2.09. The van der Waals surface area contributed by atoms with Crippen molar-refractivity contribution in [2.45, 2.75) is 37.5 Å². The van der Waals surface area contributed by atoms with Crippen LogP contribution in [0.1, 0.15) is 38.1 Å². The van der Waals surface area contributed by atoms with Gasteiger partial charge in [-0.2, -0.15) is 0 Å². The van der Waals surface area contributed by atoms with Gasteiger partial charge in [-0.05, 0) is 61.4 Å². The molecular weight excluding hydrogens is 416 g/mol. The quantitative estimate of drug-likeness (QED) is 0.136. The van der Waals surface area contributed by atoms with E-state index in [1.165, 1.54) is 19.9 Å². The monoisotopic (exact) mass is 438 g/mol. The summed E-state index contributed by atoms with van der Waals surface area (Å²) in [5.41, 5.74) is 1.01. The number of carbonyl (C=O) groups excluding carboxylic acids is 2. The molecule has 0 unspecified atom stereocenters. The summed E-state index contributed by atoms with van der Waals surface area (Å²) in [6.45, 7) is 5.74. The molecule has 0 spiro atoms. The third-order valence-electron chi connectivity index (χ3n) is 4.24. The molecule has 31 heavy (non-hydrogen) atoms. The predicted molar refractivity (Wildman–Crippen MR) is 120 cm³/mol. The Hall–Kier alpha value is -3.52. The zero-order chi connectivity index (χ0) is 23.0. The first kappa shape index (κ1) is 23.8. The number of nitro groups is 1. The molecule has 160 valence electrons. The van der Waals surface area contributed by atoms with Gasteiger partial charge in [-0.3, -0.25) is 14.9 Å². The van der Waals surface area contributed by atoms with Gasteiger partial charge in [-0.15, -0.1) is 0 Å². The van der Waals surface area contributed by atoms with Crippen LogP contribution < -0.4 is 0 Å². The second-order valence-electron chi connectivity index (χ2n) is 6.64. The van der Waals surface area contributed by atoms with E-state index < -0.39 is 16.7 Å². The van der Waals surface area contributed by atoms with Crippen molar-refractivity contribution in [1.29, 1.82) is 0 Å². The van der Waals surface area contributed by atoms with Crippen molar-refractivity contribution in [3.63, 3.8) is 0 Å². The van der Waals surface area contributed by atoms with Gasteiger partial charge >= 0.3 is 5.97 Å². The number of hydrogen-bond acceptors (Lipinski definition) is 7. The highest BCUT2D eigenvalue weighted by Gasteiger charge is 2.20. The largest absolute Gasteiger partial charge is 0.332 e. The fourth-order valence-corrected chi connectivity index (χ4v) is 3.32. The summed E-state index contributed by atoms with van der Waals surface area (Å²) in [5, 5.41) is 14.6. The maximum absolute atomic E-state index is 13.1. The molecule has 0 fully saturated rings. The predicted octanol–water partition coefficient (Wildman–Crippen LogP) is 5.46. The van der Waals surface area contributed by atoms with Crippen LogP contribution in [0.25, 0.3) is 0 Å². The van der Waals surface area contributed by atoms with Crippen LogP contribution in [0.15, 0.2) is 92.5 Å². The third-order valence-corrected chi connectivity index (χ3v) is 5.25. The van der Waals surface area contributed by atoms with E-state index >= 15 is 0 Å². The van der Waals surface area contributed by atoms with Gasteiger partial charge in [0.25, 0.3) is 0 Å². The lowest BCUT2D eigenvalue weighted by molar-refractivity contribution is -0.424. The van der Waals surface area contributed by atoms with Crippen LogP contribution in [0.2, 0.25) is 0 Å². The Morgan fingerprint density at radius 1 is 0.968 bits per heavy atom. The lowest BCUT2D eigenvalue weighted by Crippen LogP contribution is -2.18. The molecule has 0 amide bonds. The number of oxime groups is 1. The fourth-order valence-electron chi connectivity index (χ4n) is 2.49. The Labute approximate surface area is 184 Å². The number of nitrogens with zero attached hydrogens (tertiary/aromatic N) is 2. The van der Waals surface area contributed by atoms with Crippen molar-refractivity contribution >= 4 is 29.2 Å². The standard InChI is InChI=1S/C23H22N2O5S/c1-15(14-16(2)25(28)29)17(3)22(24-30-18(4)26)23(27)19-10-12-21(13-11-19)31-20-8-6-5-7-9-20/h5-14H,1-4H3/b16-14+,17-15+,24-22+. The summed E-state index contributed by atoms with van der Waals surface area (Å²) < 4.78 is 0. The summed E-state index contributed by atoms with van der Waals surface area (Å²) in [6.07, 6.45) is 1.34. The molecule has 2 aromatic carbocycles. The molecule has 0 saturated heterocycles. The van der Waals surface area contributed by atoms with E-state index in [9.17, 15) is 19.7 Å². The van der Waals surface area contributed by atoms with E-state index in [4.69, 9.17) is 4.84 Å². The molecule has 0 aromatic heterocycles. The van der Waals surface area contributed by atoms with Crippen molar-refractivity contribution in [3.8, 4) is 0 Å². The number of Topliss-reactive ketones (excluding diaryl/α,β-unsaturated/α-hetero) is 1. The zero-order valence-corrected chi connectivity index (χ0v) is 18.4. The van der Waals surface area contributed by atoms with Crippen LogP contribution in [0.3, 0.4) is 0 Å². The summed E-state index contributed by atoms with van der Waals surface area (Å²) in [6, 6.07) is 16.8. The second-order valence-corrected chi connectivity index (χ2v) is 7.79. The van der Waals surface area contributed by atoms with Gasteiger partial charge in [0, 0.05) is 35.3 Å². The van der Waals surface area contributed by atoms with Crippen molar-refractivity contribution < 1.29 is 19.3 Å². The number of allylic oxidation sites excluding steroid dienone is 4. The molecule has 2 rings (SSSR count). The van der Waals surface area contributed by atoms with Crippen LogP contribution >= 0.6 is 11.8 Å². The smallest absolute Gasteiger partial charge is 0.318 e. The molecule has 0 atom stereocenters. The van der Waals surface area contributed by atoms with Crippen LogP contribution in [0.5, 0.6) is 0 Å². The summed E-state index contributed by atoms with van der Waals surface area (Å²) in [7, 11) is 0. The Bertz CT molecular complexity index is 1070. The maximum atomic E-state index is 13.1. The van der Waals surface area contributed by atoms with E-state index in [-0.39, 0.29) is 11.4 Å². The molecule has 0 aliphatic carbocycles. The molecule has 0 aliphatic heterocycles. The van der Waals surface area contributed by atoms with Crippen LogP contribution in [0, 0.1) is 10.1 Å². The minimum Gasteiger partial charge on any atom is -0.318 e. The Kier molecular flexibility index (Phi) is 8.45. The van der Waals surface area contributed by atoms with Gasteiger partial charge in [0.05, 0.1) is 4.92 Å². The molecule has 0 saturated carbocycles. The summed E-state index contributed by atoms with van der Waals surface area (Å²) in [5.74, 6) is -1.14. The minimum absolute atomic E-state index is 0.0848. The van der Waals surface area contributed by atoms with E-state index in [1.54, 1.807) is 37.7 Å². The molecule has 0 bridgehead atoms. The number of ketones is 1. The lowest BCUT2D eigenvalue weighted by atomic mass is 9.98. The number of rotatable bonds is 8. The second kappa shape index (κ2) is 11.0. The highest BCUT2D eigenvalue weighted by Crippen LogP contribution is 2.27. The van der Waals surface area contributed by atoms with E-state index in [0.717, 1.165) is 9.79 Å². The first-order valence-electron chi connectivity index (χ1n) is 9.32. The average molecular weight is 439 g/mol. The van der Waals surface area contributed by atoms with E-state index in [2.05, 4.69) is 5.16 Å². The molecular formula is C23H22N2O5S. The molecule has 0 aliphatic rings. The maximum Gasteiger partial charge on any atom is 0.332 e. The Morgan fingerprint density at radius 3 is 2.10 bits per heavy atom. The highest BCUT2D eigenvalue weighted by atomic mass is 32.2. The number of hydrogen-bond donors (Lipinski definition) is 0. The van der Waals surface area contributed by atoms with Crippen LogP contribution in [-0.2, 0) is 9.63 Å². The van der Waals surface area contributed by atoms with Gasteiger partial charge in [0.1, 0.15) is 0 Å². The van der Waals surface area contributed by atoms with Crippen molar-refractivity contribution in [2.24, 2.45) is 5.16 Å². The van der Waals surface area contributed by atoms with Crippen molar-refractivity contribution in [1.82, 2.24) is 0 Å². The molecule has 0 N–H and O–H groups in total. The van der Waals surface area contributed by atoms with E-state index in [0.29, 0.717) is 16.7 Å². The summed E-state index contributed by atoms with van der Waals surface area (Å²) in [4.78, 5) is 41.4. The topological polar surface area (TPSA) is 98.9 Å². The highest BCUT2D eigenvalue weighted by molar-refractivity contribution is 7.99. The molecule has 8 heteroatoms. The first-order chi connectivity index (χ1) is 14.7. The average Bonchev–Trinajstić information content (AvgIpc) is 2.74. The van der Waals surface area contributed by atoms with Gasteiger partial charge in [0.2, 0.25) is 11.5 Å². The first-order valence-corrected chi connectivity index (χ1v) is 10.1. The molecule has 2 aromatic rings. The zero-order valence-electron chi connectivity index (χ0n) is 17.6. The Balaban J connectivity index is 2.35. The van der Waals surface area contributed by atoms with Crippen molar-refractivity contribution in [2.75, 3.05) is 0 Å². The number of benzene rings is 2. The van der Waals surface area contributed by atoms with Crippen molar-refractivity contribution in [3.05, 3.63) is 93.2 Å². The van der Waals surface area contributed by atoms with Crippen LogP contribution in [0.4, 0.5) is 0 Å². The van der Waals surface area contributed by atoms with Gasteiger partial charge in [0.15, 0.2) is 5.71 Å². The fraction of sp³-hybridized carbons (Fsp3) is 0.174.